The Bertz CT molecular complexity index is 469. The van der Waals surface area contributed by atoms with Crippen molar-refractivity contribution in [2.24, 2.45) is 5.73 Å². The number of aromatic nitrogens is 2. The first-order chi connectivity index (χ1) is 7.79. The predicted molar refractivity (Wildman–Crippen MR) is 66.3 cm³/mol. The SMILES string of the molecule is CCC(N)CNc1cnc2ccccc2n1. The van der Waals surface area contributed by atoms with Gasteiger partial charge < -0.3 is 11.1 Å². The lowest BCUT2D eigenvalue weighted by Gasteiger charge is -2.10. The first-order valence-electron chi connectivity index (χ1n) is 5.51. The van der Waals surface area contributed by atoms with Crippen molar-refractivity contribution in [1.82, 2.24) is 9.97 Å². The first kappa shape index (κ1) is 10.8. The number of para-hydroxylation sites is 2. The van der Waals surface area contributed by atoms with E-state index in [2.05, 4.69) is 22.2 Å². The van der Waals surface area contributed by atoms with Gasteiger partial charge in [0.15, 0.2) is 0 Å². The summed E-state index contributed by atoms with van der Waals surface area (Å²) in [4.78, 5) is 8.77. The van der Waals surface area contributed by atoms with Crippen LogP contribution in [0.1, 0.15) is 13.3 Å². The van der Waals surface area contributed by atoms with Gasteiger partial charge in [0.25, 0.3) is 0 Å². The van der Waals surface area contributed by atoms with Crippen LogP contribution in [0, 0.1) is 0 Å². The Morgan fingerprint density at radius 1 is 1.31 bits per heavy atom. The number of fused-ring (bicyclic) bond motifs is 1. The van der Waals surface area contributed by atoms with Crippen molar-refractivity contribution in [3.8, 4) is 0 Å². The third-order valence-electron chi connectivity index (χ3n) is 2.52. The number of benzene rings is 1. The Labute approximate surface area is 94.9 Å². The van der Waals surface area contributed by atoms with Gasteiger partial charge in [0.2, 0.25) is 0 Å². The molecule has 0 aliphatic rings. The average Bonchev–Trinajstić information content (AvgIpc) is 2.35. The number of hydrogen-bond donors (Lipinski definition) is 2. The van der Waals surface area contributed by atoms with Gasteiger partial charge in [-0.2, -0.15) is 0 Å². The highest BCUT2D eigenvalue weighted by molar-refractivity contribution is 5.75. The molecule has 2 aromatic rings. The molecule has 0 fully saturated rings. The van der Waals surface area contributed by atoms with E-state index in [1.54, 1.807) is 6.20 Å². The minimum absolute atomic E-state index is 0.160. The van der Waals surface area contributed by atoms with Gasteiger partial charge >= 0.3 is 0 Å². The third-order valence-corrected chi connectivity index (χ3v) is 2.52. The lowest BCUT2D eigenvalue weighted by atomic mass is 10.2. The fourth-order valence-electron chi connectivity index (χ4n) is 1.42. The molecule has 0 aliphatic carbocycles. The van der Waals surface area contributed by atoms with Crippen LogP contribution in [0.4, 0.5) is 5.82 Å². The molecule has 0 aliphatic heterocycles. The average molecular weight is 216 g/mol. The summed E-state index contributed by atoms with van der Waals surface area (Å²) >= 11 is 0. The summed E-state index contributed by atoms with van der Waals surface area (Å²) < 4.78 is 0. The van der Waals surface area contributed by atoms with Gasteiger partial charge in [-0.1, -0.05) is 19.1 Å². The second kappa shape index (κ2) is 4.90. The zero-order valence-electron chi connectivity index (χ0n) is 9.35. The van der Waals surface area contributed by atoms with Crippen LogP contribution in [0.2, 0.25) is 0 Å². The predicted octanol–water partition coefficient (Wildman–Crippen LogP) is 1.78. The molecule has 1 heterocycles. The van der Waals surface area contributed by atoms with Crippen molar-refractivity contribution in [3.63, 3.8) is 0 Å². The normalized spacial score (nSPS) is 12.6. The topological polar surface area (TPSA) is 63.8 Å². The van der Waals surface area contributed by atoms with Gasteiger partial charge in [-0.3, -0.25) is 4.98 Å². The highest BCUT2D eigenvalue weighted by Gasteiger charge is 2.01. The van der Waals surface area contributed by atoms with Crippen LogP contribution in [0.3, 0.4) is 0 Å². The molecule has 0 amide bonds. The summed E-state index contributed by atoms with van der Waals surface area (Å²) in [6.07, 6.45) is 2.69. The van der Waals surface area contributed by atoms with Gasteiger partial charge in [0.05, 0.1) is 17.2 Å². The molecular weight excluding hydrogens is 200 g/mol. The van der Waals surface area contributed by atoms with Crippen LogP contribution in [0.25, 0.3) is 11.0 Å². The molecule has 4 nitrogen and oxygen atoms in total. The van der Waals surface area contributed by atoms with Gasteiger partial charge in [-0.05, 0) is 18.6 Å². The van der Waals surface area contributed by atoms with Gasteiger partial charge in [0.1, 0.15) is 5.82 Å². The molecule has 0 radical (unpaired) electrons. The van der Waals surface area contributed by atoms with Crippen LogP contribution in [-0.4, -0.2) is 22.6 Å². The second-order valence-electron chi connectivity index (χ2n) is 3.79. The Hall–Kier alpha value is -1.68. The van der Waals surface area contributed by atoms with E-state index in [-0.39, 0.29) is 6.04 Å². The smallest absolute Gasteiger partial charge is 0.145 e. The zero-order valence-corrected chi connectivity index (χ0v) is 9.35. The summed E-state index contributed by atoms with van der Waals surface area (Å²) in [7, 11) is 0. The van der Waals surface area contributed by atoms with Crippen molar-refractivity contribution in [2.45, 2.75) is 19.4 Å². The molecule has 0 saturated carbocycles. The molecule has 0 saturated heterocycles. The highest BCUT2D eigenvalue weighted by atomic mass is 15.0. The van der Waals surface area contributed by atoms with E-state index in [4.69, 9.17) is 5.73 Å². The monoisotopic (exact) mass is 216 g/mol. The summed E-state index contributed by atoms with van der Waals surface area (Å²) in [5, 5.41) is 3.19. The fraction of sp³-hybridized carbons (Fsp3) is 0.333. The third kappa shape index (κ3) is 2.46. The van der Waals surface area contributed by atoms with Crippen LogP contribution in [0.5, 0.6) is 0 Å². The quantitative estimate of drug-likeness (QED) is 0.817. The molecule has 4 heteroatoms. The van der Waals surface area contributed by atoms with Crippen molar-refractivity contribution >= 4 is 16.9 Å². The van der Waals surface area contributed by atoms with Crippen molar-refractivity contribution in [3.05, 3.63) is 30.5 Å². The van der Waals surface area contributed by atoms with E-state index < -0.39 is 0 Å². The van der Waals surface area contributed by atoms with E-state index in [9.17, 15) is 0 Å². The van der Waals surface area contributed by atoms with E-state index in [0.29, 0.717) is 0 Å². The molecular formula is C12H16N4. The lowest BCUT2D eigenvalue weighted by Crippen LogP contribution is -2.28. The molecule has 1 aromatic heterocycles. The molecule has 0 bridgehead atoms. The lowest BCUT2D eigenvalue weighted by molar-refractivity contribution is 0.678. The van der Waals surface area contributed by atoms with E-state index >= 15 is 0 Å². The van der Waals surface area contributed by atoms with Crippen molar-refractivity contribution < 1.29 is 0 Å². The maximum Gasteiger partial charge on any atom is 0.145 e. The van der Waals surface area contributed by atoms with Gasteiger partial charge in [-0.15, -0.1) is 0 Å². The molecule has 1 aromatic carbocycles. The Balaban J connectivity index is 2.13. The van der Waals surface area contributed by atoms with Crippen LogP contribution in [0.15, 0.2) is 30.5 Å². The summed E-state index contributed by atoms with van der Waals surface area (Å²) in [6.45, 7) is 2.79. The Kier molecular flexibility index (Phi) is 3.31. The molecule has 1 unspecified atom stereocenters. The van der Waals surface area contributed by atoms with Crippen LogP contribution < -0.4 is 11.1 Å². The number of hydrogen-bond acceptors (Lipinski definition) is 4. The van der Waals surface area contributed by atoms with Gasteiger partial charge in [-0.25, -0.2) is 4.98 Å². The number of nitrogens with two attached hydrogens (primary N) is 1. The minimum Gasteiger partial charge on any atom is -0.367 e. The summed E-state index contributed by atoms with van der Waals surface area (Å²) in [5.74, 6) is 0.780. The van der Waals surface area contributed by atoms with Crippen molar-refractivity contribution in [1.29, 1.82) is 0 Å². The number of nitrogens with zero attached hydrogens (tertiary/aromatic N) is 2. The number of rotatable bonds is 4. The van der Waals surface area contributed by atoms with Crippen LogP contribution >= 0.6 is 0 Å². The second-order valence-corrected chi connectivity index (χ2v) is 3.79. The van der Waals surface area contributed by atoms with E-state index in [1.807, 2.05) is 24.3 Å². The Morgan fingerprint density at radius 3 is 2.81 bits per heavy atom. The maximum atomic E-state index is 5.82. The summed E-state index contributed by atoms with van der Waals surface area (Å²) in [5.41, 5.74) is 7.63. The zero-order chi connectivity index (χ0) is 11.4. The Morgan fingerprint density at radius 2 is 2.06 bits per heavy atom. The minimum atomic E-state index is 0.160. The maximum absolute atomic E-state index is 5.82. The van der Waals surface area contributed by atoms with E-state index in [0.717, 1.165) is 29.8 Å². The molecule has 84 valence electrons. The largest absolute Gasteiger partial charge is 0.367 e. The molecule has 0 spiro atoms. The summed E-state index contributed by atoms with van der Waals surface area (Å²) in [6, 6.07) is 7.97. The molecule has 16 heavy (non-hydrogen) atoms. The molecule has 2 rings (SSSR count). The molecule has 1 atom stereocenters. The fourth-order valence-corrected chi connectivity index (χ4v) is 1.42. The molecule has 3 N–H and O–H groups in total. The van der Waals surface area contributed by atoms with Gasteiger partial charge in [0, 0.05) is 12.6 Å². The van der Waals surface area contributed by atoms with Crippen molar-refractivity contribution in [2.75, 3.05) is 11.9 Å². The number of nitrogens with one attached hydrogen (secondary N) is 1. The van der Waals surface area contributed by atoms with E-state index in [1.165, 1.54) is 0 Å². The van der Waals surface area contributed by atoms with Crippen LogP contribution in [-0.2, 0) is 0 Å². The highest BCUT2D eigenvalue weighted by Crippen LogP contribution is 2.11. The number of anilines is 1. The first-order valence-corrected chi connectivity index (χ1v) is 5.51. The standard InChI is InChI=1S/C12H16N4/c1-2-9(13)7-15-12-8-14-10-5-3-4-6-11(10)16-12/h3-6,8-9H,2,7,13H2,1H3,(H,15,16).